The molecule has 0 aliphatic heterocycles. The second-order valence-electron chi connectivity index (χ2n) is 5.48. The highest BCUT2D eigenvalue weighted by atomic mass is 16.5. The number of aromatic hydroxyl groups is 1. The molecule has 0 aliphatic rings. The number of rotatable bonds is 6. The molecule has 0 aromatic heterocycles. The van der Waals surface area contributed by atoms with E-state index in [2.05, 4.69) is 43.4 Å². The Morgan fingerprint density at radius 3 is 2.38 bits per heavy atom. The molecule has 0 radical (unpaired) electrons. The van der Waals surface area contributed by atoms with Crippen LogP contribution < -0.4 is 10.1 Å². The first-order valence-electron chi connectivity index (χ1n) is 7.26. The summed E-state index contributed by atoms with van der Waals surface area (Å²) in [5, 5.41) is 13.7. The molecule has 0 aliphatic carbocycles. The number of phenolic OH excluding ortho intramolecular Hbond substituents is 1. The van der Waals surface area contributed by atoms with E-state index in [4.69, 9.17) is 4.74 Å². The normalized spacial score (nSPS) is 12.4. The van der Waals surface area contributed by atoms with Crippen LogP contribution in [0.25, 0.3) is 0 Å². The van der Waals surface area contributed by atoms with Gasteiger partial charge in [-0.25, -0.2) is 0 Å². The maximum absolute atomic E-state index is 10.1. The van der Waals surface area contributed by atoms with Crippen LogP contribution >= 0.6 is 0 Å². The lowest BCUT2D eigenvalue weighted by atomic mass is 9.96. The van der Waals surface area contributed by atoms with Gasteiger partial charge in [0.05, 0.1) is 7.11 Å². The van der Waals surface area contributed by atoms with Crippen molar-refractivity contribution in [3.8, 4) is 11.5 Å². The molecule has 0 bridgehead atoms. The van der Waals surface area contributed by atoms with Crippen LogP contribution in [0.5, 0.6) is 11.5 Å². The Labute approximate surface area is 126 Å². The number of para-hydroxylation sites is 1. The van der Waals surface area contributed by atoms with E-state index in [-0.39, 0.29) is 11.8 Å². The van der Waals surface area contributed by atoms with E-state index in [0.29, 0.717) is 18.2 Å². The standard InChI is InChI=1S/C18H23NO2/c1-13(2)17(14-8-5-4-6-9-14)19-12-15-10-7-11-16(21-3)18(15)20/h4-11,13,17,19-20H,12H2,1-3H3. The van der Waals surface area contributed by atoms with E-state index >= 15 is 0 Å². The lowest BCUT2D eigenvalue weighted by Crippen LogP contribution is -2.25. The number of ether oxygens (including phenoxy) is 1. The molecule has 1 atom stereocenters. The minimum atomic E-state index is 0.211. The fourth-order valence-corrected chi connectivity index (χ4v) is 2.49. The third-order valence-corrected chi connectivity index (χ3v) is 3.64. The number of phenols is 1. The number of nitrogens with one attached hydrogen (secondary N) is 1. The third-order valence-electron chi connectivity index (χ3n) is 3.64. The topological polar surface area (TPSA) is 41.5 Å². The summed E-state index contributed by atoms with van der Waals surface area (Å²) in [6, 6.07) is 16.2. The van der Waals surface area contributed by atoms with Crippen molar-refractivity contribution >= 4 is 0 Å². The van der Waals surface area contributed by atoms with E-state index in [1.165, 1.54) is 5.56 Å². The van der Waals surface area contributed by atoms with Gasteiger partial charge in [-0.05, 0) is 17.5 Å². The predicted octanol–water partition coefficient (Wildman–Crippen LogP) is 3.89. The summed E-state index contributed by atoms with van der Waals surface area (Å²) in [4.78, 5) is 0. The van der Waals surface area contributed by atoms with Gasteiger partial charge in [-0.1, -0.05) is 56.3 Å². The molecule has 0 fully saturated rings. The van der Waals surface area contributed by atoms with Crippen molar-refractivity contribution in [1.29, 1.82) is 0 Å². The third kappa shape index (κ3) is 3.76. The second kappa shape index (κ2) is 7.14. The Balaban J connectivity index is 2.13. The summed E-state index contributed by atoms with van der Waals surface area (Å²) in [6.07, 6.45) is 0. The Bertz CT molecular complexity index is 567. The quantitative estimate of drug-likeness (QED) is 0.846. The Morgan fingerprint density at radius 1 is 1.05 bits per heavy atom. The molecule has 3 heteroatoms. The van der Waals surface area contributed by atoms with Gasteiger partial charge >= 0.3 is 0 Å². The molecule has 0 saturated carbocycles. The highest BCUT2D eigenvalue weighted by Gasteiger charge is 2.16. The van der Waals surface area contributed by atoms with Gasteiger partial charge in [0, 0.05) is 18.2 Å². The van der Waals surface area contributed by atoms with Gasteiger partial charge in [0.25, 0.3) is 0 Å². The average molecular weight is 285 g/mol. The fourth-order valence-electron chi connectivity index (χ4n) is 2.49. The number of methoxy groups -OCH3 is 1. The van der Waals surface area contributed by atoms with E-state index in [1.807, 2.05) is 18.2 Å². The first-order chi connectivity index (χ1) is 10.1. The summed E-state index contributed by atoms with van der Waals surface area (Å²) < 4.78 is 5.15. The molecule has 2 aromatic rings. The monoisotopic (exact) mass is 285 g/mol. The summed E-state index contributed by atoms with van der Waals surface area (Å²) in [5.74, 6) is 1.18. The molecule has 21 heavy (non-hydrogen) atoms. The zero-order valence-corrected chi connectivity index (χ0v) is 12.8. The van der Waals surface area contributed by atoms with Crippen LogP contribution in [0.2, 0.25) is 0 Å². The molecule has 112 valence electrons. The maximum atomic E-state index is 10.1. The molecule has 1 unspecified atom stereocenters. The van der Waals surface area contributed by atoms with Crippen LogP contribution in [-0.2, 0) is 6.54 Å². The zero-order valence-electron chi connectivity index (χ0n) is 12.8. The van der Waals surface area contributed by atoms with Gasteiger partial charge < -0.3 is 15.2 Å². The number of hydrogen-bond acceptors (Lipinski definition) is 3. The molecule has 0 spiro atoms. The van der Waals surface area contributed by atoms with E-state index in [1.54, 1.807) is 13.2 Å². The lowest BCUT2D eigenvalue weighted by Gasteiger charge is -2.23. The van der Waals surface area contributed by atoms with Crippen LogP contribution in [0.1, 0.15) is 31.0 Å². The Kier molecular flexibility index (Phi) is 5.23. The highest BCUT2D eigenvalue weighted by molar-refractivity contribution is 5.45. The van der Waals surface area contributed by atoms with Crippen LogP contribution in [0.4, 0.5) is 0 Å². The molecule has 3 nitrogen and oxygen atoms in total. The molecule has 0 saturated heterocycles. The van der Waals surface area contributed by atoms with Gasteiger partial charge in [0.1, 0.15) is 0 Å². The van der Waals surface area contributed by atoms with Crippen molar-refractivity contribution in [2.45, 2.75) is 26.4 Å². The van der Waals surface area contributed by atoms with Gasteiger partial charge in [-0.15, -0.1) is 0 Å². The van der Waals surface area contributed by atoms with Gasteiger partial charge in [-0.3, -0.25) is 0 Å². The van der Waals surface area contributed by atoms with Crippen molar-refractivity contribution in [2.24, 2.45) is 5.92 Å². The van der Waals surface area contributed by atoms with Crippen LogP contribution in [0, 0.1) is 5.92 Å². The fraction of sp³-hybridized carbons (Fsp3) is 0.333. The van der Waals surface area contributed by atoms with Crippen molar-refractivity contribution in [2.75, 3.05) is 7.11 Å². The van der Waals surface area contributed by atoms with Crippen LogP contribution in [-0.4, -0.2) is 12.2 Å². The summed E-state index contributed by atoms with van der Waals surface area (Å²) in [6.45, 7) is 4.98. The van der Waals surface area contributed by atoms with Crippen molar-refractivity contribution in [1.82, 2.24) is 5.32 Å². The van der Waals surface area contributed by atoms with Gasteiger partial charge in [-0.2, -0.15) is 0 Å². The van der Waals surface area contributed by atoms with E-state index in [0.717, 1.165) is 5.56 Å². The highest BCUT2D eigenvalue weighted by Crippen LogP contribution is 2.30. The summed E-state index contributed by atoms with van der Waals surface area (Å²) in [7, 11) is 1.56. The molecular weight excluding hydrogens is 262 g/mol. The number of benzene rings is 2. The minimum Gasteiger partial charge on any atom is -0.504 e. The van der Waals surface area contributed by atoms with Crippen molar-refractivity contribution in [3.05, 3.63) is 59.7 Å². The van der Waals surface area contributed by atoms with Gasteiger partial charge in [0.15, 0.2) is 11.5 Å². The van der Waals surface area contributed by atoms with Crippen molar-refractivity contribution < 1.29 is 9.84 Å². The Hall–Kier alpha value is -2.00. The minimum absolute atomic E-state index is 0.211. The largest absolute Gasteiger partial charge is 0.504 e. The van der Waals surface area contributed by atoms with E-state index in [9.17, 15) is 5.11 Å². The molecular formula is C18H23NO2. The smallest absolute Gasteiger partial charge is 0.162 e. The van der Waals surface area contributed by atoms with Crippen LogP contribution in [0.15, 0.2) is 48.5 Å². The summed E-state index contributed by atoms with van der Waals surface area (Å²) >= 11 is 0. The maximum Gasteiger partial charge on any atom is 0.162 e. The average Bonchev–Trinajstić information content (AvgIpc) is 2.50. The molecule has 2 aromatic carbocycles. The SMILES string of the molecule is COc1cccc(CNC(c2ccccc2)C(C)C)c1O. The van der Waals surface area contributed by atoms with E-state index < -0.39 is 0 Å². The Morgan fingerprint density at radius 2 is 1.76 bits per heavy atom. The van der Waals surface area contributed by atoms with Gasteiger partial charge in [0.2, 0.25) is 0 Å². The lowest BCUT2D eigenvalue weighted by molar-refractivity contribution is 0.364. The number of hydrogen-bond donors (Lipinski definition) is 2. The molecule has 0 amide bonds. The molecule has 0 heterocycles. The van der Waals surface area contributed by atoms with Crippen LogP contribution in [0.3, 0.4) is 0 Å². The predicted molar refractivity (Wildman–Crippen MR) is 85.5 cm³/mol. The first kappa shape index (κ1) is 15.4. The zero-order chi connectivity index (χ0) is 15.2. The van der Waals surface area contributed by atoms with Crippen molar-refractivity contribution in [3.63, 3.8) is 0 Å². The summed E-state index contributed by atoms with van der Waals surface area (Å²) in [5.41, 5.74) is 2.10. The first-order valence-corrected chi connectivity index (χ1v) is 7.26. The molecule has 2 N–H and O–H groups in total. The molecule has 2 rings (SSSR count). The second-order valence-corrected chi connectivity index (χ2v) is 5.48.